The molecule has 0 aliphatic heterocycles. The summed E-state index contributed by atoms with van der Waals surface area (Å²) in [6.45, 7) is 0.932. The van der Waals surface area contributed by atoms with Crippen LogP contribution in [-0.4, -0.2) is 37.7 Å². The zero-order valence-corrected chi connectivity index (χ0v) is 10.1. The number of anilines is 2. The number of nitrogen functional groups attached to an aromatic ring is 1. The highest BCUT2D eigenvalue weighted by molar-refractivity contribution is 5.80. The van der Waals surface area contributed by atoms with Crippen LogP contribution in [0.2, 0.25) is 0 Å². The number of aromatic nitrogens is 1. The number of nitrogens with one attached hydrogen (secondary N) is 2. The quantitative estimate of drug-likeness (QED) is 0.597. The molecule has 1 aromatic heterocycles. The van der Waals surface area contributed by atoms with E-state index in [0.29, 0.717) is 30.2 Å². The summed E-state index contributed by atoms with van der Waals surface area (Å²) in [5.74, 6) is 0.142. The Morgan fingerprint density at radius 1 is 1.67 bits per heavy atom. The lowest BCUT2D eigenvalue weighted by molar-refractivity contribution is -0.119. The number of nitrogens with two attached hydrogens (primary N) is 1. The van der Waals surface area contributed by atoms with Crippen molar-refractivity contribution in [3.8, 4) is 6.07 Å². The van der Waals surface area contributed by atoms with Gasteiger partial charge >= 0.3 is 0 Å². The van der Waals surface area contributed by atoms with E-state index >= 15 is 0 Å². The first-order valence-corrected chi connectivity index (χ1v) is 5.32. The van der Waals surface area contributed by atoms with Gasteiger partial charge in [-0.2, -0.15) is 5.26 Å². The van der Waals surface area contributed by atoms with E-state index in [9.17, 15) is 4.79 Å². The summed E-state index contributed by atoms with van der Waals surface area (Å²) in [4.78, 5) is 15.3. The number of nitriles is 1. The van der Waals surface area contributed by atoms with E-state index in [2.05, 4.69) is 15.6 Å². The number of amides is 1. The number of hydrogen-bond donors (Lipinski definition) is 3. The first-order valence-electron chi connectivity index (χ1n) is 5.32. The highest BCUT2D eigenvalue weighted by Gasteiger charge is 2.06. The van der Waals surface area contributed by atoms with Gasteiger partial charge in [-0.3, -0.25) is 4.79 Å². The molecule has 0 radical (unpaired) electrons. The van der Waals surface area contributed by atoms with Crippen LogP contribution < -0.4 is 16.4 Å². The Morgan fingerprint density at radius 3 is 3.11 bits per heavy atom. The Kier molecular flexibility index (Phi) is 5.41. The minimum Gasteiger partial charge on any atom is -0.397 e. The van der Waals surface area contributed by atoms with E-state index in [4.69, 9.17) is 15.7 Å². The molecule has 1 aromatic rings. The lowest BCUT2D eigenvalue weighted by atomic mass is 10.2. The van der Waals surface area contributed by atoms with Crippen LogP contribution in [0.15, 0.2) is 12.3 Å². The van der Waals surface area contributed by atoms with Crippen LogP contribution in [0, 0.1) is 11.3 Å². The summed E-state index contributed by atoms with van der Waals surface area (Å²) < 4.78 is 4.80. The molecule has 4 N–H and O–H groups in total. The average molecular weight is 249 g/mol. The minimum absolute atomic E-state index is 0.0370. The fourth-order valence-electron chi connectivity index (χ4n) is 1.23. The molecule has 7 heteroatoms. The Morgan fingerprint density at radius 2 is 2.44 bits per heavy atom. The summed E-state index contributed by atoms with van der Waals surface area (Å²) in [6.07, 6.45) is 1.42. The monoisotopic (exact) mass is 249 g/mol. The molecular formula is C11H15N5O2. The van der Waals surface area contributed by atoms with Crippen LogP contribution in [0.25, 0.3) is 0 Å². The molecule has 0 atom stereocenters. The van der Waals surface area contributed by atoms with E-state index in [0.717, 1.165) is 0 Å². The van der Waals surface area contributed by atoms with Gasteiger partial charge in [0.2, 0.25) is 5.91 Å². The molecule has 18 heavy (non-hydrogen) atoms. The number of rotatable bonds is 6. The maximum absolute atomic E-state index is 11.4. The van der Waals surface area contributed by atoms with Gasteiger partial charge in [-0.15, -0.1) is 0 Å². The van der Waals surface area contributed by atoms with E-state index in [1.54, 1.807) is 7.11 Å². The normalized spacial score (nSPS) is 9.56. The summed E-state index contributed by atoms with van der Waals surface area (Å²) in [6, 6.07) is 3.45. The first-order chi connectivity index (χ1) is 8.67. The maximum atomic E-state index is 11.4. The third kappa shape index (κ3) is 4.27. The molecule has 0 unspecified atom stereocenters. The molecule has 96 valence electrons. The largest absolute Gasteiger partial charge is 0.397 e. The molecule has 0 saturated carbocycles. The Hall–Kier alpha value is -2.33. The second-order valence-electron chi connectivity index (χ2n) is 3.47. The van der Waals surface area contributed by atoms with Gasteiger partial charge in [-0.05, 0) is 6.07 Å². The smallest absolute Gasteiger partial charge is 0.239 e. The van der Waals surface area contributed by atoms with Crippen LogP contribution in [0.3, 0.4) is 0 Å². The second kappa shape index (κ2) is 7.09. The molecule has 0 aromatic carbocycles. The van der Waals surface area contributed by atoms with Crippen molar-refractivity contribution in [1.29, 1.82) is 5.26 Å². The summed E-state index contributed by atoms with van der Waals surface area (Å²) >= 11 is 0. The molecule has 0 bridgehead atoms. The van der Waals surface area contributed by atoms with Gasteiger partial charge in [0.25, 0.3) is 0 Å². The number of methoxy groups -OCH3 is 1. The van der Waals surface area contributed by atoms with Gasteiger partial charge in [-0.25, -0.2) is 4.98 Å². The van der Waals surface area contributed by atoms with Crippen molar-refractivity contribution >= 4 is 17.4 Å². The van der Waals surface area contributed by atoms with E-state index in [1.165, 1.54) is 12.3 Å². The van der Waals surface area contributed by atoms with Gasteiger partial charge in [-0.1, -0.05) is 0 Å². The fraction of sp³-hybridized carbons (Fsp3) is 0.364. The molecule has 7 nitrogen and oxygen atoms in total. The van der Waals surface area contributed by atoms with E-state index < -0.39 is 0 Å². The van der Waals surface area contributed by atoms with Crippen molar-refractivity contribution in [3.63, 3.8) is 0 Å². The fourth-order valence-corrected chi connectivity index (χ4v) is 1.23. The van der Waals surface area contributed by atoms with Gasteiger partial charge in [0.1, 0.15) is 11.9 Å². The molecule has 1 rings (SSSR count). The van der Waals surface area contributed by atoms with Crippen molar-refractivity contribution < 1.29 is 9.53 Å². The van der Waals surface area contributed by atoms with Gasteiger partial charge in [0, 0.05) is 13.7 Å². The lowest BCUT2D eigenvalue weighted by Crippen LogP contribution is -2.32. The van der Waals surface area contributed by atoms with Gasteiger partial charge in [0.15, 0.2) is 0 Å². The number of hydrogen-bond acceptors (Lipinski definition) is 6. The van der Waals surface area contributed by atoms with Gasteiger partial charge < -0.3 is 21.1 Å². The molecule has 1 amide bonds. The predicted octanol–water partition coefficient (Wildman–Crippen LogP) is -0.290. The topological polar surface area (TPSA) is 113 Å². The zero-order chi connectivity index (χ0) is 13.4. The molecule has 0 fully saturated rings. The van der Waals surface area contributed by atoms with Crippen molar-refractivity contribution in [1.82, 2.24) is 10.3 Å². The van der Waals surface area contributed by atoms with Crippen LogP contribution in [0.1, 0.15) is 5.56 Å². The molecular weight excluding hydrogens is 234 g/mol. The number of ether oxygens (including phenoxy) is 1. The average Bonchev–Trinajstić information content (AvgIpc) is 2.37. The van der Waals surface area contributed by atoms with Gasteiger partial charge in [0.05, 0.1) is 30.6 Å². The maximum Gasteiger partial charge on any atom is 0.239 e. The van der Waals surface area contributed by atoms with Crippen molar-refractivity contribution in [2.24, 2.45) is 0 Å². The van der Waals surface area contributed by atoms with Crippen LogP contribution >= 0.6 is 0 Å². The molecule has 0 aliphatic rings. The Bertz CT molecular complexity index is 455. The predicted molar refractivity (Wildman–Crippen MR) is 66.7 cm³/mol. The molecule has 1 heterocycles. The minimum atomic E-state index is -0.199. The molecule has 0 aliphatic carbocycles. The Balaban J connectivity index is 2.48. The molecule has 0 saturated heterocycles. The highest BCUT2D eigenvalue weighted by atomic mass is 16.5. The molecule has 0 spiro atoms. The van der Waals surface area contributed by atoms with Crippen molar-refractivity contribution in [2.45, 2.75) is 0 Å². The van der Waals surface area contributed by atoms with E-state index in [-0.39, 0.29) is 12.5 Å². The summed E-state index contributed by atoms with van der Waals surface area (Å²) in [7, 11) is 1.56. The number of carbonyl (C=O) groups is 1. The second-order valence-corrected chi connectivity index (χ2v) is 3.47. The third-order valence-electron chi connectivity index (χ3n) is 2.07. The van der Waals surface area contributed by atoms with Crippen LogP contribution in [0.4, 0.5) is 11.5 Å². The van der Waals surface area contributed by atoms with Crippen molar-refractivity contribution in [3.05, 3.63) is 17.8 Å². The number of nitrogens with zero attached hydrogens (tertiary/aromatic N) is 2. The van der Waals surface area contributed by atoms with Crippen molar-refractivity contribution in [2.75, 3.05) is 37.9 Å². The SMILES string of the molecule is COCCNC(=O)CNc1ncc(N)cc1C#N. The first kappa shape index (κ1) is 13.7. The zero-order valence-electron chi connectivity index (χ0n) is 10.1. The summed E-state index contributed by atoms with van der Waals surface area (Å²) in [5.41, 5.74) is 6.22. The Labute approximate surface area is 105 Å². The summed E-state index contributed by atoms with van der Waals surface area (Å²) in [5, 5.41) is 14.3. The number of carbonyl (C=O) groups excluding carboxylic acids is 1. The van der Waals surface area contributed by atoms with Crippen LogP contribution in [-0.2, 0) is 9.53 Å². The standard InChI is InChI=1S/C11H15N5O2/c1-18-3-2-14-10(17)7-16-11-8(5-12)4-9(13)6-15-11/h4,6H,2-3,7,13H2,1H3,(H,14,17)(H,15,16). The lowest BCUT2D eigenvalue weighted by Gasteiger charge is -2.08. The highest BCUT2D eigenvalue weighted by Crippen LogP contribution is 2.13. The number of pyridine rings is 1. The van der Waals surface area contributed by atoms with E-state index in [1.807, 2.05) is 6.07 Å². The third-order valence-corrected chi connectivity index (χ3v) is 2.07. The van der Waals surface area contributed by atoms with Crippen LogP contribution in [0.5, 0.6) is 0 Å².